The maximum Gasteiger partial charge on any atom is 0.341 e. The van der Waals surface area contributed by atoms with Gasteiger partial charge in [-0.15, -0.1) is 11.3 Å². The lowest BCUT2D eigenvalue weighted by atomic mass is 9.93. The summed E-state index contributed by atoms with van der Waals surface area (Å²) in [6.07, 6.45) is 0.868. The van der Waals surface area contributed by atoms with Gasteiger partial charge in [0.25, 0.3) is 5.91 Å². The third kappa shape index (κ3) is 4.64. The van der Waals surface area contributed by atoms with Crippen molar-refractivity contribution in [2.75, 3.05) is 18.5 Å². The molecular weight excluding hydrogens is 442 g/mol. The first-order chi connectivity index (χ1) is 15.7. The zero-order chi connectivity index (χ0) is 24.3. The largest absolute Gasteiger partial charge is 0.462 e. The number of anilines is 1. The highest BCUT2D eigenvalue weighted by molar-refractivity contribution is 7.17. The fourth-order valence-electron chi connectivity index (χ4n) is 3.96. The van der Waals surface area contributed by atoms with Gasteiger partial charge in [0.2, 0.25) is 5.91 Å². The second-order valence-corrected chi connectivity index (χ2v) is 9.21. The van der Waals surface area contributed by atoms with Crippen molar-refractivity contribution in [3.05, 3.63) is 40.3 Å². The van der Waals surface area contributed by atoms with Crippen LogP contribution in [0, 0.1) is 13.8 Å². The van der Waals surface area contributed by atoms with Crippen molar-refractivity contribution in [2.45, 2.75) is 53.0 Å². The molecule has 1 aromatic carbocycles. The average molecular weight is 472 g/mol. The molecule has 0 bridgehead atoms. The third-order valence-electron chi connectivity index (χ3n) is 5.91. The van der Waals surface area contributed by atoms with Crippen LogP contribution in [0.3, 0.4) is 0 Å². The van der Waals surface area contributed by atoms with Gasteiger partial charge in [0, 0.05) is 10.4 Å². The van der Waals surface area contributed by atoms with Crippen LogP contribution in [0.4, 0.5) is 9.80 Å². The molecule has 4 amide bonds. The second-order valence-electron chi connectivity index (χ2n) is 7.98. The van der Waals surface area contributed by atoms with Crippen molar-refractivity contribution >= 4 is 40.2 Å². The molecule has 0 atom stereocenters. The topological polar surface area (TPSA) is 105 Å². The highest BCUT2D eigenvalue weighted by Crippen LogP contribution is 2.40. The molecule has 0 spiro atoms. The molecule has 0 aliphatic carbocycles. The number of urea groups is 1. The number of carbonyl (C=O) groups excluding carboxylic acids is 4. The van der Waals surface area contributed by atoms with E-state index in [2.05, 4.69) is 10.6 Å². The molecule has 9 heteroatoms. The van der Waals surface area contributed by atoms with Gasteiger partial charge in [-0.05, 0) is 39.2 Å². The van der Waals surface area contributed by atoms with Crippen molar-refractivity contribution in [2.24, 2.45) is 0 Å². The first-order valence-electron chi connectivity index (χ1n) is 11.0. The van der Waals surface area contributed by atoms with E-state index in [1.54, 1.807) is 6.92 Å². The number of nitrogens with zero attached hydrogens (tertiary/aromatic N) is 1. The number of hydrogen-bond acceptors (Lipinski definition) is 6. The van der Waals surface area contributed by atoms with Gasteiger partial charge in [-0.2, -0.15) is 0 Å². The van der Waals surface area contributed by atoms with Crippen LogP contribution in [0.25, 0.3) is 11.1 Å². The molecule has 1 fully saturated rings. The van der Waals surface area contributed by atoms with Crippen molar-refractivity contribution in [3.63, 3.8) is 0 Å². The Morgan fingerprint density at radius 1 is 1.09 bits per heavy atom. The van der Waals surface area contributed by atoms with E-state index in [0.717, 1.165) is 20.9 Å². The molecule has 0 unspecified atom stereocenters. The lowest BCUT2D eigenvalue weighted by Crippen LogP contribution is -2.46. The molecule has 2 heterocycles. The molecule has 0 saturated carbocycles. The summed E-state index contributed by atoms with van der Waals surface area (Å²) in [4.78, 5) is 52.6. The lowest BCUT2D eigenvalue weighted by molar-refractivity contribution is -0.134. The molecular formula is C24H29N3O5S. The Kier molecular flexibility index (Phi) is 7.22. The Labute approximate surface area is 197 Å². The summed E-state index contributed by atoms with van der Waals surface area (Å²) < 4.78 is 5.26. The first-order valence-corrected chi connectivity index (χ1v) is 11.8. The molecule has 8 nitrogen and oxygen atoms in total. The minimum atomic E-state index is -0.981. The van der Waals surface area contributed by atoms with Gasteiger partial charge in [0.15, 0.2) is 0 Å². The number of hydrogen-bond donors (Lipinski definition) is 2. The lowest BCUT2D eigenvalue weighted by Gasteiger charge is -2.23. The Morgan fingerprint density at radius 2 is 1.73 bits per heavy atom. The minimum absolute atomic E-state index is 0.188. The van der Waals surface area contributed by atoms with Crippen LogP contribution in [0.1, 0.15) is 54.4 Å². The number of ether oxygens (including phenoxy) is 1. The number of nitrogens with one attached hydrogen (secondary N) is 2. The maximum atomic E-state index is 12.9. The SMILES string of the molecule is CCOC(=O)c1c(NC(=O)CN2C(=O)NC(CC)(CC)C2=O)sc(C)c1-c1ccc(C)cc1. The van der Waals surface area contributed by atoms with Crippen LogP contribution >= 0.6 is 11.3 Å². The van der Waals surface area contributed by atoms with Crippen molar-refractivity contribution in [1.82, 2.24) is 10.2 Å². The molecule has 1 aromatic heterocycles. The Hall–Kier alpha value is -3.20. The molecule has 1 aliphatic rings. The van der Waals surface area contributed by atoms with Gasteiger partial charge in [0.05, 0.1) is 6.61 Å². The molecule has 33 heavy (non-hydrogen) atoms. The third-order valence-corrected chi connectivity index (χ3v) is 6.93. The monoisotopic (exact) mass is 471 g/mol. The van der Waals surface area contributed by atoms with Crippen molar-refractivity contribution in [3.8, 4) is 11.1 Å². The minimum Gasteiger partial charge on any atom is -0.462 e. The van der Waals surface area contributed by atoms with Gasteiger partial charge in [0.1, 0.15) is 22.6 Å². The van der Waals surface area contributed by atoms with Crippen LogP contribution in [0.2, 0.25) is 0 Å². The van der Waals surface area contributed by atoms with Crippen LogP contribution in [0.5, 0.6) is 0 Å². The number of amides is 4. The predicted molar refractivity (Wildman–Crippen MR) is 127 cm³/mol. The van der Waals surface area contributed by atoms with Crippen molar-refractivity contribution < 1.29 is 23.9 Å². The highest BCUT2D eigenvalue weighted by Gasteiger charge is 2.49. The van der Waals surface area contributed by atoms with E-state index in [-0.39, 0.29) is 12.2 Å². The van der Waals surface area contributed by atoms with E-state index in [9.17, 15) is 19.2 Å². The van der Waals surface area contributed by atoms with Gasteiger partial charge in [-0.25, -0.2) is 9.59 Å². The molecule has 1 aliphatic heterocycles. The zero-order valence-corrected chi connectivity index (χ0v) is 20.4. The molecule has 2 aromatic rings. The number of aryl methyl sites for hydroxylation is 2. The van der Waals surface area contributed by atoms with Crippen LogP contribution in [-0.2, 0) is 14.3 Å². The number of rotatable bonds is 8. The van der Waals surface area contributed by atoms with E-state index in [1.165, 1.54) is 11.3 Å². The molecule has 176 valence electrons. The van der Waals surface area contributed by atoms with Crippen molar-refractivity contribution in [1.29, 1.82) is 0 Å². The van der Waals surface area contributed by atoms with E-state index in [1.807, 2.05) is 52.0 Å². The summed E-state index contributed by atoms with van der Waals surface area (Å²) in [6.45, 7) is 8.94. The van der Waals surface area contributed by atoms with E-state index < -0.39 is 35.9 Å². The fourth-order valence-corrected chi connectivity index (χ4v) is 5.04. The number of thiophene rings is 1. The Bertz CT molecular complexity index is 1090. The summed E-state index contributed by atoms with van der Waals surface area (Å²) >= 11 is 1.25. The summed E-state index contributed by atoms with van der Waals surface area (Å²) in [6, 6.07) is 7.14. The number of imide groups is 1. The number of benzene rings is 1. The quantitative estimate of drug-likeness (QED) is 0.442. The average Bonchev–Trinajstić information content (AvgIpc) is 3.23. The van der Waals surface area contributed by atoms with Crippen LogP contribution < -0.4 is 10.6 Å². The van der Waals surface area contributed by atoms with E-state index in [0.29, 0.717) is 23.4 Å². The smallest absolute Gasteiger partial charge is 0.341 e. The summed E-state index contributed by atoms with van der Waals surface area (Å²) in [5.74, 6) is -1.52. The summed E-state index contributed by atoms with van der Waals surface area (Å²) in [5.41, 5.74) is 1.90. The number of esters is 1. The van der Waals surface area contributed by atoms with Crippen LogP contribution in [0.15, 0.2) is 24.3 Å². The molecule has 3 rings (SSSR count). The summed E-state index contributed by atoms with van der Waals surface area (Å²) in [5, 5.41) is 5.77. The van der Waals surface area contributed by atoms with E-state index >= 15 is 0 Å². The van der Waals surface area contributed by atoms with Gasteiger partial charge in [-0.1, -0.05) is 43.7 Å². The Morgan fingerprint density at radius 3 is 2.27 bits per heavy atom. The normalized spacial score (nSPS) is 14.9. The van der Waals surface area contributed by atoms with Gasteiger partial charge in [-0.3, -0.25) is 14.5 Å². The number of carbonyl (C=O) groups is 4. The van der Waals surface area contributed by atoms with Gasteiger partial charge >= 0.3 is 12.0 Å². The predicted octanol–water partition coefficient (Wildman–Crippen LogP) is 4.26. The fraction of sp³-hybridized carbons (Fsp3) is 0.417. The Balaban J connectivity index is 1.90. The summed E-state index contributed by atoms with van der Waals surface area (Å²) in [7, 11) is 0. The standard InChI is InChI=1S/C24H29N3O5S/c1-6-24(7-2)22(30)27(23(31)26-24)13-17(28)25-20-19(21(29)32-8-3)18(15(5)33-20)16-11-9-14(4)10-12-16/h9-12H,6-8,13H2,1-5H3,(H,25,28)(H,26,31). The molecule has 0 radical (unpaired) electrons. The first kappa shape index (κ1) is 24.4. The van der Waals surface area contributed by atoms with E-state index in [4.69, 9.17) is 4.74 Å². The highest BCUT2D eigenvalue weighted by atomic mass is 32.1. The zero-order valence-electron chi connectivity index (χ0n) is 19.5. The molecule has 1 saturated heterocycles. The molecule has 2 N–H and O–H groups in total. The van der Waals surface area contributed by atoms with Crippen LogP contribution in [-0.4, -0.2) is 47.4 Å². The van der Waals surface area contributed by atoms with Gasteiger partial charge < -0.3 is 15.4 Å². The maximum absolute atomic E-state index is 12.9. The second kappa shape index (κ2) is 9.74.